The predicted molar refractivity (Wildman–Crippen MR) is 64.7 cm³/mol. The minimum absolute atomic E-state index is 0.725. The second kappa shape index (κ2) is 4.29. The van der Waals surface area contributed by atoms with Gasteiger partial charge >= 0.3 is 0 Å². The highest BCUT2D eigenvalue weighted by Gasteiger charge is 2.18. The van der Waals surface area contributed by atoms with Crippen molar-refractivity contribution < 1.29 is 4.90 Å². The van der Waals surface area contributed by atoms with Crippen molar-refractivity contribution in [3.8, 4) is 0 Å². The fourth-order valence-electron chi connectivity index (χ4n) is 1.91. The minimum Gasteiger partial charge on any atom is -0.399 e. The van der Waals surface area contributed by atoms with Crippen LogP contribution in [-0.2, 0) is 0 Å². The van der Waals surface area contributed by atoms with E-state index in [9.17, 15) is 0 Å². The van der Waals surface area contributed by atoms with E-state index in [4.69, 9.17) is 17.3 Å². The lowest BCUT2D eigenvalue weighted by Crippen LogP contribution is -3.12. The maximum absolute atomic E-state index is 6.17. The van der Waals surface area contributed by atoms with Crippen molar-refractivity contribution in [1.82, 2.24) is 0 Å². The fraction of sp³-hybridized carbons (Fsp3) is 0.455. The molecule has 82 valence electrons. The molecule has 0 amide bonds. The topological polar surface area (TPSA) is 33.7 Å². The predicted octanol–water partition coefficient (Wildman–Crippen LogP) is 0.257. The Kier molecular flexibility index (Phi) is 3.03. The average molecular weight is 227 g/mol. The SMILES string of the molecule is C[NH+]1CCN(c2ccc(N)cc2Cl)CC1. The van der Waals surface area contributed by atoms with Crippen LogP contribution in [0.5, 0.6) is 0 Å². The molecule has 0 atom stereocenters. The first-order chi connectivity index (χ1) is 7.16. The van der Waals surface area contributed by atoms with Gasteiger partial charge < -0.3 is 15.5 Å². The summed E-state index contributed by atoms with van der Waals surface area (Å²) in [5, 5.41) is 0.759. The highest BCUT2D eigenvalue weighted by atomic mass is 35.5. The third-order valence-electron chi connectivity index (χ3n) is 2.93. The van der Waals surface area contributed by atoms with Gasteiger partial charge in [-0.3, -0.25) is 0 Å². The second-order valence-corrected chi connectivity index (χ2v) is 4.56. The summed E-state index contributed by atoms with van der Waals surface area (Å²) in [7, 11) is 2.22. The first-order valence-electron chi connectivity index (χ1n) is 5.28. The van der Waals surface area contributed by atoms with Crippen molar-refractivity contribution in [2.45, 2.75) is 0 Å². The second-order valence-electron chi connectivity index (χ2n) is 4.16. The maximum Gasteiger partial charge on any atom is 0.0947 e. The summed E-state index contributed by atoms with van der Waals surface area (Å²) in [5.41, 5.74) is 7.51. The van der Waals surface area contributed by atoms with Gasteiger partial charge in [-0.1, -0.05) is 11.6 Å². The zero-order valence-corrected chi connectivity index (χ0v) is 9.72. The molecule has 0 spiro atoms. The third-order valence-corrected chi connectivity index (χ3v) is 3.23. The van der Waals surface area contributed by atoms with Crippen LogP contribution in [0.4, 0.5) is 11.4 Å². The Balaban J connectivity index is 2.15. The monoisotopic (exact) mass is 226 g/mol. The van der Waals surface area contributed by atoms with E-state index >= 15 is 0 Å². The summed E-state index contributed by atoms with van der Waals surface area (Å²) >= 11 is 6.17. The van der Waals surface area contributed by atoms with Crippen LogP contribution in [-0.4, -0.2) is 33.2 Å². The van der Waals surface area contributed by atoms with Crippen molar-refractivity contribution in [1.29, 1.82) is 0 Å². The zero-order chi connectivity index (χ0) is 10.8. The Bertz CT molecular complexity index is 346. The molecule has 0 aliphatic carbocycles. The molecule has 2 rings (SSSR count). The van der Waals surface area contributed by atoms with E-state index in [0.29, 0.717) is 0 Å². The van der Waals surface area contributed by atoms with E-state index in [-0.39, 0.29) is 0 Å². The number of likely N-dealkylation sites (N-methyl/N-ethyl adjacent to an activating group) is 1. The number of piperazine rings is 1. The number of benzene rings is 1. The molecule has 4 heteroatoms. The van der Waals surface area contributed by atoms with Gasteiger partial charge in [0.15, 0.2) is 0 Å². The normalized spacial score (nSPS) is 18.1. The summed E-state index contributed by atoms with van der Waals surface area (Å²) in [6.45, 7) is 4.46. The summed E-state index contributed by atoms with van der Waals surface area (Å²) in [5.74, 6) is 0. The summed E-state index contributed by atoms with van der Waals surface area (Å²) in [6, 6.07) is 5.74. The van der Waals surface area contributed by atoms with Gasteiger partial charge in [0, 0.05) is 5.69 Å². The quantitative estimate of drug-likeness (QED) is 0.674. The third kappa shape index (κ3) is 2.36. The molecule has 1 aromatic carbocycles. The number of nitrogens with one attached hydrogen (secondary N) is 1. The number of nitrogens with zero attached hydrogens (tertiary/aromatic N) is 1. The van der Waals surface area contributed by atoms with Gasteiger partial charge in [-0.15, -0.1) is 0 Å². The Hall–Kier alpha value is -0.930. The first-order valence-corrected chi connectivity index (χ1v) is 5.66. The van der Waals surface area contributed by atoms with Crippen molar-refractivity contribution in [2.75, 3.05) is 43.9 Å². The van der Waals surface area contributed by atoms with Gasteiger partial charge in [0.25, 0.3) is 0 Å². The maximum atomic E-state index is 6.17. The smallest absolute Gasteiger partial charge is 0.0947 e. The molecule has 1 heterocycles. The average Bonchev–Trinajstić information content (AvgIpc) is 2.20. The number of hydrogen-bond acceptors (Lipinski definition) is 2. The van der Waals surface area contributed by atoms with E-state index in [1.54, 1.807) is 4.90 Å². The molecule has 1 aromatic rings. The van der Waals surface area contributed by atoms with Gasteiger partial charge in [-0.25, -0.2) is 0 Å². The number of rotatable bonds is 1. The first kappa shape index (κ1) is 10.6. The lowest BCUT2D eigenvalue weighted by molar-refractivity contribution is -0.880. The Morgan fingerprint density at radius 1 is 1.33 bits per heavy atom. The molecule has 15 heavy (non-hydrogen) atoms. The molecule has 0 bridgehead atoms. The molecule has 1 aliphatic rings. The molecular formula is C11H17ClN3+. The zero-order valence-electron chi connectivity index (χ0n) is 8.96. The van der Waals surface area contributed by atoms with Crippen LogP contribution in [0.15, 0.2) is 18.2 Å². The summed E-state index contributed by atoms with van der Waals surface area (Å²) in [6.07, 6.45) is 0. The molecular weight excluding hydrogens is 210 g/mol. The number of nitrogen functional groups attached to an aromatic ring is 1. The molecule has 0 unspecified atom stereocenters. The van der Waals surface area contributed by atoms with Crippen LogP contribution in [0, 0.1) is 0 Å². The molecule has 0 saturated carbocycles. The van der Waals surface area contributed by atoms with E-state index in [1.807, 2.05) is 18.2 Å². The van der Waals surface area contributed by atoms with Crippen molar-refractivity contribution in [3.63, 3.8) is 0 Å². The van der Waals surface area contributed by atoms with E-state index in [0.717, 1.165) is 29.5 Å². The van der Waals surface area contributed by atoms with Crippen molar-refractivity contribution in [2.24, 2.45) is 0 Å². The highest BCUT2D eigenvalue weighted by molar-refractivity contribution is 6.33. The van der Waals surface area contributed by atoms with Gasteiger partial charge in [-0.2, -0.15) is 0 Å². The molecule has 1 fully saturated rings. The Morgan fingerprint density at radius 2 is 2.00 bits per heavy atom. The van der Waals surface area contributed by atoms with Crippen molar-refractivity contribution in [3.05, 3.63) is 23.2 Å². The molecule has 3 N–H and O–H groups in total. The number of nitrogens with two attached hydrogens (primary N) is 1. The Morgan fingerprint density at radius 3 is 2.60 bits per heavy atom. The van der Waals surface area contributed by atoms with E-state index < -0.39 is 0 Å². The Labute approximate surface area is 95.4 Å². The molecule has 1 saturated heterocycles. The van der Waals surface area contributed by atoms with Crippen molar-refractivity contribution >= 4 is 23.0 Å². The van der Waals surface area contributed by atoms with Gasteiger partial charge in [0.1, 0.15) is 0 Å². The molecule has 1 aliphatic heterocycles. The molecule has 0 aromatic heterocycles. The van der Waals surface area contributed by atoms with E-state index in [2.05, 4.69) is 11.9 Å². The minimum atomic E-state index is 0.725. The summed E-state index contributed by atoms with van der Waals surface area (Å²) in [4.78, 5) is 3.91. The lowest BCUT2D eigenvalue weighted by Gasteiger charge is -2.32. The highest BCUT2D eigenvalue weighted by Crippen LogP contribution is 2.27. The number of hydrogen-bond donors (Lipinski definition) is 2. The van der Waals surface area contributed by atoms with E-state index in [1.165, 1.54) is 13.1 Å². The van der Waals surface area contributed by atoms with Gasteiger partial charge in [0.2, 0.25) is 0 Å². The van der Waals surface area contributed by atoms with Gasteiger partial charge in [0.05, 0.1) is 43.9 Å². The number of anilines is 2. The standard InChI is InChI=1S/C11H16ClN3/c1-14-4-6-15(7-5-14)11-3-2-9(13)8-10(11)12/h2-3,8H,4-7,13H2,1H3/p+1. The lowest BCUT2D eigenvalue weighted by atomic mass is 10.2. The molecule has 0 radical (unpaired) electrons. The summed E-state index contributed by atoms with van der Waals surface area (Å²) < 4.78 is 0. The van der Waals surface area contributed by atoms with Crippen LogP contribution in [0.25, 0.3) is 0 Å². The largest absolute Gasteiger partial charge is 0.399 e. The van der Waals surface area contributed by atoms with Crippen LogP contribution >= 0.6 is 11.6 Å². The van der Waals surface area contributed by atoms with Crippen LogP contribution in [0.1, 0.15) is 0 Å². The molecule has 3 nitrogen and oxygen atoms in total. The van der Waals surface area contributed by atoms with Crippen LogP contribution < -0.4 is 15.5 Å². The van der Waals surface area contributed by atoms with Crippen LogP contribution in [0.2, 0.25) is 5.02 Å². The number of halogens is 1. The van der Waals surface area contributed by atoms with Gasteiger partial charge in [-0.05, 0) is 18.2 Å². The fourth-order valence-corrected chi connectivity index (χ4v) is 2.22. The van der Waals surface area contributed by atoms with Crippen LogP contribution in [0.3, 0.4) is 0 Å². The number of quaternary nitrogens is 1.